The van der Waals surface area contributed by atoms with Crippen molar-refractivity contribution in [3.8, 4) is 0 Å². The molecule has 104 valence electrons. The normalized spacial score (nSPS) is 17.1. The van der Waals surface area contributed by atoms with Gasteiger partial charge in [-0.2, -0.15) is 0 Å². The maximum Gasteiger partial charge on any atom is 0.248 e. The van der Waals surface area contributed by atoms with Crippen molar-refractivity contribution in [2.45, 2.75) is 17.7 Å². The first-order chi connectivity index (χ1) is 8.88. The lowest BCUT2D eigenvalue weighted by Gasteiger charge is -2.13. The molecule has 0 unspecified atom stereocenters. The summed E-state index contributed by atoms with van der Waals surface area (Å²) in [6.45, 7) is 0.208. The monoisotopic (exact) mass is 284 g/mol. The van der Waals surface area contributed by atoms with Crippen molar-refractivity contribution in [2.75, 3.05) is 13.2 Å². The van der Waals surface area contributed by atoms with Gasteiger partial charge in [0.15, 0.2) is 0 Å². The number of hydrogen-bond acceptors (Lipinski definition) is 4. The number of hydrogen-bond donors (Lipinski definition) is 3. The van der Waals surface area contributed by atoms with Gasteiger partial charge in [0, 0.05) is 24.1 Å². The second-order valence-electron chi connectivity index (χ2n) is 4.87. The van der Waals surface area contributed by atoms with Gasteiger partial charge < -0.3 is 10.8 Å². The SMILES string of the molecule is NC(=O)c1ccc(S(=O)(=O)NCC2(CO)CC2)cc1. The van der Waals surface area contributed by atoms with Crippen LogP contribution >= 0.6 is 0 Å². The Hall–Kier alpha value is -1.44. The third-order valence-corrected chi connectivity index (χ3v) is 4.80. The molecule has 1 aromatic carbocycles. The van der Waals surface area contributed by atoms with Crippen LogP contribution in [-0.2, 0) is 10.0 Å². The molecule has 0 heterocycles. The number of aliphatic hydroxyl groups excluding tert-OH is 1. The maximum absolute atomic E-state index is 12.0. The van der Waals surface area contributed by atoms with Gasteiger partial charge in [0.05, 0.1) is 4.90 Å². The van der Waals surface area contributed by atoms with Crippen LogP contribution < -0.4 is 10.5 Å². The van der Waals surface area contributed by atoms with Crippen LogP contribution in [0.2, 0.25) is 0 Å². The number of aliphatic hydroxyl groups is 1. The number of carbonyl (C=O) groups is 1. The van der Waals surface area contributed by atoms with Crippen molar-refractivity contribution in [3.05, 3.63) is 29.8 Å². The molecule has 1 aliphatic rings. The maximum atomic E-state index is 12.0. The van der Waals surface area contributed by atoms with Gasteiger partial charge in [0.2, 0.25) is 15.9 Å². The highest BCUT2D eigenvalue weighted by molar-refractivity contribution is 7.89. The third-order valence-electron chi connectivity index (χ3n) is 3.38. The van der Waals surface area contributed by atoms with Crippen LogP contribution in [0.4, 0.5) is 0 Å². The van der Waals surface area contributed by atoms with Gasteiger partial charge >= 0.3 is 0 Å². The van der Waals surface area contributed by atoms with E-state index in [1.165, 1.54) is 24.3 Å². The van der Waals surface area contributed by atoms with E-state index in [1.807, 2.05) is 0 Å². The Bertz CT molecular complexity index is 576. The van der Waals surface area contributed by atoms with Crippen molar-refractivity contribution in [3.63, 3.8) is 0 Å². The lowest BCUT2D eigenvalue weighted by molar-refractivity contribution is 0.1000. The van der Waals surface area contributed by atoms with Gasteiger partial charge in [-0.15, -0.1) is 0 Å². The van der Waals surface area contributed by atoms with Gasteiger partial charge in [-0.1, -0.05) is 0 Å². The van der Waals surface area contributed by atoms with Gasteiger partial charge in [-0.3, -0.25) is 4.79 Å². The number of nitrogens with one attached hydrogen (secondary N) is 1. The van der Waals surface area contributed by atoms with E-state index < -0.39 is 15.9 Å². The van der Waals surface area contributed by atoms with Crippen molar-refractivity contribution in [1.82, 2.24) is 4.72 Å². The minimum absolute atomic E-state index is 0.0177. The number of nitrogens with two attached hydrogens (primary N) is 1. The molecule has 4 N–H and O–H groups in total. The highest BCUT2D eigenvalue weighted by atomic mass is 32.2. The van der Waals surface area contributed by atoms with Crippen molar-refractivity contribution in [2.24, 2.45) is 11.1 Å². The highest BCUT2D eigenvalue weighted by Gasteiger charge is 2.42. The second kappa shape index (κ2) is 4.92. The van der Waals surface area contributed by atoms with Gasteiger partial charge in [-0.05, 0) is 37.1 Å². The molecule has 1 fully saturated rings. The number of amides is 1. The van der Waals surface area contributed by atoms with Crippen LogP contribution in [0.3, 0.4) is 0 Å². The van der Waals surface area contributed by atoms with Crippen molar-refractivity contribution >= 4 is 15.9 Å². The molecular formula is C12H16N2O4S. The van der Waals surface area contributed by atoms with E-state index in [9.17, 15) is 13.2 Å². The largest absolute Gasteiger partial charge is 0.396 e. The Balaban J connectivity index is 2.08. The molecule has 0 spiro atoms. The molecule has 0 aliphatic heterocycles. The van der Waals surface area contributed by atoms with Crippen LogP contribution in [0.15, 0.2) is 29.2 Å². The quantitative estimate of drug-likeness (QED) is 0.674. The summed E-state index contributed by atoms with van der Waals surface area (Å²) in [5, 5.41) is 9.14. The highest BCUT2D eigenvalue weighted by Crippen LogP contribution is 2.44. The molecule has 0 atom stereocenters. The Morgan fingerprint density at radius 1 is 1.32 bits per heavy atom. The van der Waals surface area contributed by atoms with E-state index in [0.29, 0.717) is 0 Å². The first-order valence-electron chi connectivity index (χ1n) is 5.89. The van der Waals surface area contributed by atoms with E-state index in [4.69, 9.17) is 10.8 Å². The zero-order valence-electron chi connectivity index (χ0n) is 10.3. The fourth-order valence-corrected chi connectivity index (χ4v) is 2.85. The Morgan fingerprint density at radius 2 is 1.89 bits per heavy atom. The lowest BCUT2D eigenvalue weighted by atomic mass is 10.1. The second-order valence-corrected chi connectivity index (χ2v) is 6.64. The van der Waals surface area contributed by atoms with E-state index in [0.717, 1.165) is 12.8 Å². The first-order valence-corrected chi connectivity index (χ1v) is 7.37. The number of sulfonamides is 1. The number of carbonyl (C=O) groups excluding carboxylic acids is 1. The molecule has 2 rings (SSSR count). The summed E-state index contributed by atoms with van der Waals surface area (Å²) >= 11 is 0. The summed E-state index contributed by atoms with van der Waals surface area (Å²) in [4.78, 5) is 11.0. The summed E-state index contributed by atoms with van der Waals surface area (Å²) in [6.07, 6.45) is 1.65. The lowest BCUT2D eigenvalue weighted by Crippen LogP contribution is -2.31. The standard InChI is InChI=1S/C12H16N2O4S/c13-11(16)9-1-3-10(4-2-9)19(17,18)14-7-12(8-15)5-6-12/h1-4,14-15H,5-8H2,(H2,13,16). The number of benzene rings is 1. The van der Waals surface area contributed by atoms with E-state index in [2.05, 4.69) is 4.72 Å². The molecule has 0 saturated heterocycles. The van der Waals surface area contributed by atoms with Gasteiger partial charge in [-0.25, -0.2) is 13.1 Å². The molecule has 6 nitrogen and oxygen atoms in total. The molecule has 19 heavy (non-hydrogen) atoms. The van der Waals surface area contributed by atoms with Crippen LogP contribution in [-0.4, -0.2) is 32.6 Å². The van der Waals surface area contributed by atoms with E-state index in [-0.39, 0.29) is 29.0 Å². The Labute approximate surface area is 111 Å². The summed E-state index contributed by atoms with van der Waals surface area (Å²) in [7, 11) is -3.62. The predicted molar refractivity (Wildman–Crippen MR) is 68.9 cm³/mol. The fourth-order valence-electron chi connectivity index (χ4n) is 1.70. The summed E-state index contributed by atoms with van der Waals surface area (Å²) in [5.74, 6) is -0.603. The zero-order chi connectivity index (χ0) is 14.1. The molecule has 0 aromatic heterocycles. The minimum Gasteiger partial charge on any atom is -0.396 e. The Morgan fingerprint density at radius 3 is 2.32 bits per heavy atom. The molecule has 1 amide bonds. The van der Waals surface area contributed by atoms with Crippen molar-refractivity contribution < 1.29 is 18.3 Å². The molecule has 0 radical (unpaired) electrons. The van der Waals surface area contributed by atoms with E-state index >= 15 is 0 Å². The molecular weight excluding hydrogens is 268 g/mol. The average Bonchev–Trinajstić information content (AvgIpc) is 3.17. The number of rotatable bonds is 6. The molecule has 7 heteroatoms. The van der Waals surface area contributed by atoms with Gasteiger partial charge in [0.25, 0.3) is 0 Å². The van der Waals surface area contributed by atoms with Crippen LogP contribution in [0, 0.1) is 5.41 Å². The first kappa shape index (κ1) is 14.0. The smallest absolute Gasteiger partial charge is 0.248 e. The number of primary amides is 1. The summed E-state index contributed by atoms with van der Waals surface area (Å²) < 4.78 is 26.5. The Kier molecular flexibility index (Phi) is 3.62. The molecule has 1 aromatic rings. The van der Waals surface area contributed by atoms with E-state index in [1.54, 1.807) is 0 Å². The van der Waals surface area contributed by atoms with Crippen LogP contribution in [0.5, 0.6) is 0 Å². The molecule has 1 saturated carbocycles. The van der Waals surface area contributed by atoms with Crippen LogP contribution in [0.1, 0.15) is 23.2 Å². The molecule has 1 aliphatic carbocycles. The predicted octanol–water partition coefficient (Wildman–Crippen LogP) is -0.164. The average molecular weight is 284 g/mol. The summed E-state index contributed by atoms with van der Waals surface area (Å²) in [5.41, 5.74) is 5.05. The van der Waals surface area contributed by atoms with Crippen LogP contribution in [0.25, 0.3) is 0 Å². The summed E-state index contributed by atoms with van der Waals surface area (Å²) in [6, 6.07) is 5.41. The minimum atomic E-state index is -3.62. The van der Waals surface area contributed by atoms with Crippen molar-refractivity contribution in [1.29, 1.82) is 0 Å². The topological polar surface area (TPSA) is 109 Å². The fraction of sp³-hybridized carbons (Fsp3) is 0.417. The molecule has 0 bridgehead atoms. The zero-order valence-corrected chi connectivity index (χ0v) is 11.1. The third kappa shape index (κ3) is 3.12. The van der Waals surface area contributed by atoms with Gasteiger partial charge in [0.1, 0.15) is 0 Å².